The van der Waals surface area contributed by atoms with Crippen molar-refractivity contribution in [2.45, 2.75) is 16.7 Å². The molecule has 0 atom stereocenters. The van der Waals surface area contributed by atoms with Crippen molar-refractivity contribution in [3.8, 4) is 11.5 Å². The van der Waals surface area contributed by atoms with E-state index in [-0.39, 0.29) is 21.3 Å². The first kappa shape index (κ1) is 12.4. The molecule has 2 rings (SSSR count). The highest BCUT2D eigenvalue weighted by atomic mass is 32.2. The fourth-order valence-corrected chi connectivity index (χ4v) is 3.02. The number of aryl methyl sites for hydroxylation is 1. The Kier molecular flexibility index (Phi) is 3.00. The predicted molar refractivity (Wildman–Crippen MR) is 66.4 cm³/mol. The number of sulfone groups is 1. The first-order chi connectivity index (χ1) is 8.41. The number of rotatable bonds is 2. The molecular weight excluding hydrogens is 252 g/mol. The van der Waals surface area contributed by atoms with Crippen LogP contribution in [0.2, 0.25) is 0 Å². The highest BCUT2D eigenvalue weighted by Gasteiger charge is 2.21. The largest absolute Gasteiger partial charge is 0.508 e. The van der Waals surface area contributed by atoms with Crippen LogP contribution >= 0.6 is 0 Å². The topological polar surface area (TPSA) is 74.6 Å². The smallest absolute Gasteiger partial charge is 0.210 e. The lowest BCUT2D eigenvalue weighted by Crippen LogP contribution is -2.02. The second-order valence-corrected chi connectivity index (χ2v) is 5.89. The van der Waals surface area contributed by atoms with E-state index in [1.807, 2.05) is 0 Å². The number of benzene rings is 2. The Balaban J connectivity index is 2.61. The van der Waals surface area contributed by atoms with Crippen molar-refractivity contribution in [1.29, 1.82) is 0 Å². The van der Waals surface area contributed by atoms with Crippen molar-refractivity contribution in [3.05, 3.63) is 48.0 Å². The third-order valence-electron chi connectivity index (χ3n) is 2.55. The molecular formula is C13H12O4S. The molecule has 0 aromatic heterocycles. The van der Waals surface area contributed by atoms with Crippen molar-refractivity contribution in [2.75, 3.05) is 0 Å². The van der Waals surface area contributed by atoms with Crippen molar-refractivity contribution in [1.82, 2.24) is 0 Å². The van der Waals surface area contributed by atoms with Crippen molar-refractivity contribution in [2.24, 2.45) is 0 Å². The Labute approximate surface area is 105 Å². The van der Waals surface area contributed by atoms with Crippen molar-refractivity contribution < 1.29 is 18.6 Å². The zero-order valence-electron chi connectivity index (χ0n) is 9.66. The Hall–Kier alpha value is -2.01. The van der Waals surface area contributed by atoms with E-state index in [1.54, 1.807) is 13.0 Å². The van der Waals surface area contributed by atoms with Crippen LogP contribution < -0.4 is 0 Å². The molecule has 0 fully saturated rings. The highest BCUT2D eigenvalue weighted by Crippen LogP contribution is 2.29. The molecule has 0 amide bonds. The second-order valence-electron chi connectivity index (χ2n) is 3.97. The first-order valence-corrected chi connectivity index (χ1v) is 6.73. The molecule has 18 heavy (non-hydrogen) atoms. The average Bonchev–Trinajstić information content (AvgIpc) is 2.32. The van der Waals surface area contributed by atoms with Gasteiger partial charge in [-0.25, -0.2) is 8.42 Å². The molecule has 0 radical (unpaired) electrons. The summed E-state index contributed by atoms with van der Waals surface area (Å²) in [5, 5.41) is 18.8. The van der Waals surface area contributed by atoms with Crippen LogP contribution in [0.3, 0.4) is 0 Å². The molecule has 0 bridgehead atoms. The normalized spacial score (nSPS) is 11.4. The molecule has 2 N–H and O–H groups in total. The van der Waals surface area contributed by atoms with Crippen LogP contribution in [0.5, 0.6) is 11.5 Å². The molecule has 0 unspecified atom stereocenters. The Morgan fingerprint density at radius 2 is 1.56 bits per heavy atom. The zero-order chi connectivity index (χ0) is 13.3. The molecule has 0 aliphatic heterocycles. The quantitative estimate of drug-likeness (QED) is 0.872. The van der Waals surface area contributed by atoms with Gasteiger partial charge in [0.2, 0.25) is 9.84 Å². The lowest BCUT2D eigenvalue weighted by Gasteiger charge is -2.07. The monoisotopic (exact) mass is 264 g/mol. The van der Waals surface area contributed by atoms with Crippen molar-refractivity contribution >= 4 is 9.84 Å². The molecule has 2 aromatic rings. The molecule has 4 nitrogen and oxygen atoms in total. The summed E-state index contributed by atoms with van der Waals surface area (Å²) in [7, 11) is -3.77. The molecule has 0 saturated heterocycles. The van der Waals surface area contributed by atoms with E-state index in [1.165, 1.54) is 36.4 Å². The van der Waals surface area contributed by atoms with Gasteiger partial charge in [0.25, 0.3) is 0 Å². The molecule has 0 spiro atoms. The number of hydrogen-bond acceptors (Lipinski definition) is 4. The summed E-state index contributed by atoms with van der Waals surface area (Å²) in [6.07, 6.45) is 0. The van der Waals surface area contributed by atoms with E-state index in [0.717, 1.165) is 5.56 Å². The van der Waals surface area contributed by atoms with Crippen LogP contribution in [0.4, 0.5) is 0 Å². The maximum Gasteiger partial charge on any atom is 0.210 e. The molecule has 94 valence electrons. The molecule has 0 aliphatic carbocycles. The summed E-state index contributed by atoms with van der Waals surface area (Å²) < 4.78 is 24.6. The Bertz CT molecular complexity index is 673. The minimum atomic E-state index is -3.77. The van der Waals surface area contributed by atoms with Crippen LogP contribution in [0.1, 0.15) is 5.56 Å². The minimum absolute atomic E-state index is 0.0117. The van der Waals surface area contributed by atoms with Crippen molar-refractivity contribution in [3.63, 3.8) is 0 Å². The van der Waals surface area contributed by atoms with Gasteiger partial charge in [0.15, 0.2) is 0 Å². The highest BCUT2D eigenvalue weighted by molar-refractivity contribution is 7.91. The van der Waals surface area contributed by atoms with E-state index >= 15 is 0 Å². The van der Waals surface area contributed by atoms with E-state index in [0.29, 0.717) is 0 Å². The van der Waals surface area contributed by atoms with Crippen LogP contribution in [0.15, 0.2) is 52.3 Å². The predicted octanol–water partition coefficient (Wildman–Crippen LogP) is 2.24. The SMILES string of the molecule is Cc1ccc(O)c(S(=O)(=O)c2ccc(O)cc2)c1. The Morgan fingerprint density at radius 3 is 2.17 bits per heavy atom. The van der Waals surface area contributed by atoms with Crippen LogP contribution in [0, 0.1) is 6.92 Å². The van der Waals surface area contributed by atoms with Gasteiger partial charge in [0, 0.05) is 0 Å². The molecule has 5 heteroatoms. The molecule has 0 heterocycles. The van der Waals surface area contributed by atoms with Gasteiger partial charge in [0.1, 0.15) is 16.4 Å². The number of hydrogen-bond donors (Lipinski definition) is 2. The van der Waals surface area contributed by atoms with Gasteiger partial charge in [0.05, 0.1) is 4.90 Å². The van der Waals surface area contributed by atoms with Gasteiger partial charge in [-0.3, -0.25) is 0 Å². The summed E-state index contributed by atoms with van der Waals surface area (Å²) >= 11 is 0. The third-order valence-corrected chi connectivity index (χ3v) is 4.35. The van der Waals surface area contributed by atoms with E-state index in [2.05, 4.69) is 0 Å². The van der Waals surface area contributed by atoms with E-state index in [9.17, 15) is 13.5 Å². The van der Waals surface area contributed by atoms with Gasteiger partial charge >= 0.3 is 0 Å². The van der Waals surface area contributed by atoms with Crippen LogP contribution in [0.25, 0.3) is 0 Å². The lowest BCUT2D eigenvalue weighted by molar-refractivity contribution is 0.458. The van der Waals surface area contributed by atoms with Gasteiger partial charge in [-0.1, -0.05) is 6.07 Å². The maximum atomic E-state index is 12.3. The third kappa shape index (κ3) is 2.17. The first-order valence-electron chi connectivity index (χ1n) is 5.25. The summed E-state index contributed by atoms with van der Waals surface area (Å²) in [5.74, 6) is -0.295. The van der Waals surface area contributed by atoms with Crippen LogP contribution in [-0.2, 0) is 9.84 Å². The lowest BCUT2D eigenvalue weighted by atomic mass is 10.2. The maximum absolute atomic E-state index is 12.3. The standard InChI is InChI=1S/C13H12O4S/c1-9-2-7-12(15)13(8-9)18(16,17)11-5-3-10(14)4-6-11/h2-8,14-15H,1H3. The fourth-order valence-electron chi connectivity index (χ4n) is 1.59. The van der Waals surface area contributed by atoms with E-state index in [4.69, 9.17) is 5.11 Å². The molecule has 0 saturated carbocycles. The average molecular weight is 264 g/mol. The van der Waals surface area contributed by atoms with E-state index < -0.39 is 9.84 Å². The van der Waals surface area contributed by atoms with Gasteiger partial charge in [-0.2, -0.15) is 0 Å². The van der Waals surface area contributed by atoms with Gasteiger partial charge in [-0.15, -0.1) is 0 Å². The number of aromatic hydroxyl groups is 2. The zero-order valence-corrected chi connectivity index (χ0v) is 10.5. The number of phenols is 2. The summed E-state index contributed by atoms with van der Waals surface area (Å²) in [6.45, 7) is 1.75. The number of phenolic OH excluding ortho intramolecular Hbond substituents is 2. The molecule has 0 aliphatic rings. The van der Waals surface area contributed by atoms with Gasteiger partial charge < -0.3 is 10.2 Å². The van der Waals surface area contributed by atoms with Gasteiger partial charge in [-0.05, 0) is 48.9 Å². The summed E-state index contributed by atoms with van der Waals surface area (Å²) in [5.41, 5.74) is 0.741. The fraction of sp³-hybridized carbons (Fsp3) is 0.0769. The summed E-state index contributed by atoms with van der Waals surface area (Å²) in [4.78, 5) is -0.102. The molecule has 2 aromatic carbocycles. The summed E-state index contributed by atoms with van der Waals surface area (Å²) in [6, 6.07) is 9.57. The Morgan fingerprint density at radius 1 is 0.944 bits per heavy atom. The second kappa shape index (κ2) is 4.34. The minimum Gasteiger partial charge on any atom is -0.508 e. The van der Waals surface area contributed by atoms with Crippen LogP contribution in [-0.4, -0.2) is 18.6 Å².